The number of ether oxygens (including phenoxy) is 1. The number of rotatable bonds is 8. The molecule has 0 N–H and O–H groups in total. The van der Waals surface area contributed by atoms with E-state index in [0.29, 0.717) is 6.61 Å². The van der Waals surface area contributed by atoms with Gasteiger partial charge in [0.15, 0.2) is 0 Å². The first-order valence-corrected chi connectivity index (χ1v) is 10.1. The summed E-state index contributed by atoms with van der Waals surface area (Å²) >= 11 is 9.19. The van der Waals surface area contributed by atoms with Crippen molar-refractivity contribution >= 4 is 43.8 Å². The minimum atomic E-state index is -0.440. The van der Waals surface area contributed by atoms with Crippen molar-refractivity contribution in [2.75, 3.05) is 31.4 Å². The van der Waals surface area contributed by atoms with Gasteiger partial charge in [-0.2, -0.15) is 25.3 Å². The number of methoxy groups -OCH3 is 1. The minimum Gasteiger partial charge on any atom is -0.384 e. The second-order valence-corrected chi connectivity index (χ2v) is 8.34. The Hall–Kier alpha value is -0.470. The van der Waals surface area contributed by atoms with Crippen LogP contribution < -0.4 is 10.6 Å². The summed E-state index contributed by atoms with van der Waals surface area (Å²) in [7, 11) is 1.32. The highest BCUT2D eigenvalue weighted by Gasteiger charge is 2.32. The summed E-state index contributed by atoms with van der Waals surface area (Å²) in [6.45, 7) is 0.693. The molecule has 4 heteroatoms. The third-order valence-electron chi connectivity index (χ3n) is 3.75. The fraction of sp³-hybridized carbons (Fsp3) is 0.333. The van der Waals surface area contributed by atoms with E-state index in [4.69, 9.17) is 4.74 Å². The van der Waals surface area contributed by atoms with Gasteiger partial charge in [0.1, 0.15) is 0 Å². The second-order valence-electron chi connectivity index (χ2n) is 5.51. The molecule has 2 aromatic rings. The molecule has 0 spiro atoms. The van der Waals surface area contributed by atoms with Crippen molar-refractivity contribution in [3.05, 3.63) is 60.7 Å². The summed E-state index contributed by atoms with van der Waals surface area (Å²) < 4.78 is 5.47. The average molecular weight is 350 g/mol. The average Bonchev–Trinajstić information content (AvgIpc) is 2.60. The first kappa shape index (κ1) is 17.9. The summed E-state index contributed by atoms with van der Waals surface area (Å²) in [5.74, 6) is 1.56. The van der Waals surface area contributed by atoms with Gasteiger partial charge in [-0.05, 0) is 36.2 Å². The highest BCUT2D eigenvalue weighted by atomic mass is 32.1. The zero-order chi connectivity index (χ0) is 15.8. The molecule has 0 amide bonds. The van der Waals surface area contributed by atoms with Gasteiger partial charge in [-0.3, -0.25) is 0 Å². The Bertz CT molecular complexity index is 504. The molecule has 0 aliphatic carbocycles. The predicted molar refractivity (Wildman–Crippen MR) is 106 cm³/mol. The van der Waals surface area contributed by atoms with E-state index in [1.165, 1.54) is 10.6 Å². The van der Waals surface area contributed by atoms with Crippen LogP contribution in [0.1, 0.15) is 0 Å². The van der Waals surface area contributed by atoms with E-state index in [9.17, 15) is 0 Å². The van der Waals surface area contributed by atoms with Gasteiger partial charge >= 0.3 is 0 Å². The summed E-state index contributed by atoms with van der Waals surface area (Å²) in [6.07, 6.45) is 1.04. The lowest BCUT2D eigenvalue weighted by molar-refractivity contribution is 0.125. The van der Waals surface area contributed by atoms with Crippen molar-refractivity contribution in [3.63, 3.8) is 0 Å². The monoisotopic (exact) mass is 350 g/mol. The molecule has 0 fully saturated rings. The fourth-order valence-electron chi connectivity index (χ4n) is 2.48. The van der Waals surface area contributed by atoms with Gasteiger partial charge in [0, 0.05) is 12.5 Å². The quantitative estimate of drug-likeness (QED) is 0.546. The van der Waals surface area contributed by atoms with Crippen molar-refractivity contribution in [2.24, 2.45) is 5.41 Å². The molecule has 0 radical (unpaired) electrons. The molecule has 0 bridgehead atoms. The Balaban J connectivity index is 2.37. The van der Waals surface area contributed by atoms with Gasteiger partial charge < -0.3 is 4.74 Å². The Labute approximate surface area is 146 Å². The number of hydrogen-bond donors (Lipinski definition) is 2. The molecule has 0 saturated heterocycles. The van der Waals surface area contributed by atoms with Crippen LogP contribution in [0.25, 0.3) is 0 Å². The van der Waals surface area contributed by atoms with E-state index in [2.05, 4.69) is 85.9 Å². The zero-order valence-corrected chi connectivity index (χ0v) is 15.5. The first-order chi connectivity index (χ1) is 10.7. The molecule has 118 valence electrons. The summed E-state index contributed by atoms with van der Waals surface area (Å²) in [5.41, 5.74) is -0.00163. The maximum absolute atomic E-state index is 5.47. The van der Waals surface area contributed by atoms with Crippen LogP contribution in [0.4, 0.5) is 0 Å². The van der Waals surface area contributed by atoms with Crippen LogP contribution in [0, 0.1) is 5.41 Å². The van der Waals surface area contributed by atoms with E-state index in [1.807, 2.05) is 0 Å². The third kappa shape index (κ3) is 4.52. The summed E-state index contributed by atoms with van der Waals surface area (Å²) in [4.78, 5) is 0. The standard InChI is InChI=1S/C18H23OPS2/c1-19-12-18(14-21,15-22)13-20(16-8-4-2-5-9-16)17-10-6-3-7-11-17/h2-11,21-22H,12-15H2,1H3. The molecular weight excluding hydrogens is 327 g/mol. The van der Waals surface area contributed by atoms with E-state index in [-0.39, 0.29) is 5.41 Å². The fourth-order valence-corrected chi connectivity index (χ4v) is 6.35. The van der Waals surface area contributed by atoms with Gasteiger partial charge in [-0.25, -0.2) is 0 Å². The molecule has 0 saturated carbocycles. The van der Waals surface area contributed by atoms with E-state index in [0.717, 1.165) is 17.7 Å². The second kappa shape index (κ2) is 8.98. The van der Waals surface area contributed by atoms with Gasteiger partial charge in [0.25, 0.3) is 0 Å². The maximum atomic E-state index is 5.47. The van der Waals surface area contributed by atoms with Crippen LogP contribution in [0.3, 0.4) is 0 Å². The molecule has 0 aliphatic heterocycles. The van der Waals surface area contributed by atoms with Crippen molar-refractivity contribution in [1.29, 1.82) is 0 Å². The zero-order valence-electron chi connectivity index (χ0n) is 12.9. The van der Waals surface area contributed by atoms with Crippen molar-refractivity contribution < 1.29 is 4.74 Å². The number of benzene rings is 2. The maximum Gasteiger partial charge on any atom is 0.0537 e. The SMILES string of the molecule is COCC(CS)(CS)CP(c1ccccc1)c1ccccc1. The van der Waals surface area contributed by atoms with E-state index < -0.39 is 7.92 Å². The van der Waals surface area contributed by atoms with Crippen LogP contribution in [0.2, 0.25) is 0 Å². The van der Waals surface area contributed by atoms with Gasteiger partial charge in [-0.15, -0.1) is 0 Å². The molecule has 22 heavy (non-hydrogen) atoms. The van der Waals surface area contributed by atoms with Crippen molar-refractivity contribution in [1.82, 2.24) is 0 Å². The van der Waals surface area contributed by atoms with E-state index in [1.54, 1.807) is 7.11 Å². The van der Waals surface area contributed by atoms with Crippen LogP contribution in [0.15, 0.2) is 60.7 Å². The lowest BCUT2D eigenvalue weighted by atomic mass is 9.97. The topological polar surface area (TPSA) is 9.23 Å². The molecule has 2 rings (SSSR count). The normalized spacial score (nSPS) is 11.8. The molecule has 0 aromatic heterocycles. The van der Waals surface area contributed by atoms with E-state index >= 15 is 0 Å². The lowest BCUT2D eigenvalue weighted by Gasteiger charge is -2.34. The molecule has 1 nitrogen and oxygen atoms in total. The molecular formula is C18H23OPS2. The summed E-state index contributed by atoms with van der Waals surface area (Å²) in [6, 6.07) is 21.5. The van der Waals surface area contributed by atoms with Crippen LogP contribution >= 0.6 is 33.2 Å². The van der Waals surface area contributed by atoms with Crippen molar-refractivity contribution in [3.8, 4) is 0 Å². The molecule has 2 aromatic carbocycles. The minimum absolute atomic E-state index is 0.00163. The lowest BCUT2D eigenvalue weighted by Crippen LogP contribution is -2.36. The molecule has 0 unspecified atom stereocenters. The number of hydrogen-bond acceptors (Lipinski definition) is 3. The van der Waals surface area contributed by atoms with Crippen LogP contribution in [-0.4, -0.2) is 31.4 Å². The Morgan fingerprint density at radius 3 is 1.68 bits per heavy atom. The third-order valence-corrected chi connectivity index (χ3v) is 7.92. The highest BCUT2D eigenvalue weighted by Crippen LogP contribution is 2.41. The Morgan fingerprint density at radius 2 is 1.32 bits per heavy atom. The molecule has 0 atom stereocenters. The first-order valence-electron chi connectivity index (χ1n) is 7.33. The highest BCUT2D eigenvalue weighted by molar-refractivity contribution is 7.81. The van der Waals surface area contributed by atoms with Crippen molar-refractivity contribution in [2.45, 2.75) is 0 Å². The van der Waals surface area contributed by atoms with Crippen LogP contribution in [-0.2, 0) is 4.74 Å². The molecule has 0 heterocycles. The molecule has 0 aliphatic rings. The summed E-state index contributed by atoms with van der Waals surface area (Å²) in [5, 5.41) is 2.79. The number of thiol groups is 2. The predicted octanol–water partition coefficient (Wildman–Crippen LogP) is 3.61. The largest absolute Gasteiger partial charge is 0.384 e. The Morgan fingerprint density at radius 1 is 0.864 bits per heavy atom. The Kier molecular flexibility index (Phi) is 7.30. The van der Waals surface area contributed by atoms with Gasteiger partial charge in [-0.1, -0.05) is 60.7 Å². The van der Waals surface area contributed by atoms with Crippen LogP contribution in [0.5, 0.6) is 0 Å². The smallest absolute Gasteiger partial charge is 0.0537 e. The van der Waals surface area contributed by atoms with Gasteiger partial charge in [0.05, 0.1) is 6.61 Å². The van der Waals surface area contributed by atoms with Gasteiger partial charge in [0.2, 0.25) is 0 Å².